The number of ether oxygens (including phenoxy) is 1. The minimum Gasteiger partial charge on any atom is -0.384 e. The van der Waals surface area contributed by atoms with Crippen LogP contribution in [0.25, 0.3) is 0 Å². The van der Waals surface area contributed by atoms with Crippen molar-refractivity contribution in [2.75, 3.05) is 31.7 Å². The summed E-state index contributed by atoms with van der Waals surface area (Å²) >= 11 is 0. The summed E-state index contributed by atoms with van der Waals surface area (Å²) in [6.07, 6.45) is 4.39. The monoisotopic (exact) mass is 332 g/mol. The van der Waals surface area contributed by atoms with Gasteiger partial charge in [-0.15, -0.1) is 10.2 Å². The van der Waals surface area contributed by atoms with E-state index in [-0.39, 0.29) is 0 Å². The Morgan fingerprint density at radius 2 is 2.21 bits per heavy atom. The first kappa shape index (κ1) is 17.0. The molecular formula is C17H28N6O. The van der Waals surface area contributed by atoms with Gasteiger partial charge in [0.15, 0.2) is 0 Å². The molecule has 1 unspecified atom stereocenters. The van der Waals surface area contributed by atoms with Crippen molar-refractivity contribution in [3.05, 3.63) is 23.3 Å². The standard InChI is InChI=1S/C17H28N6O/c1-4-23-16(10-15-9-13(2)18-19-15)20-21-17(23)22-8-6-5-7-14(11-22)12-24-3/h9,14H,4-8,10-12H2,1-3H3,(H,18,19). The molecule has 24 heavy (non-hydrogen) atoms. The number of nitrogens with one attached hydrogen (secondary N) is 1. The fourth-order valence-electron chi connectivity index (χ4n) is 3.52. The molecule has 1 saturated heterocycles. The van der Waals surface area contributed by atoms with Gasteiger partial charge in [-0.1, -0.05) is 6.42 Å². The van der Waals surface area contributed by atoms with E-state index in [1.165, 1.54) is 19.3 Å². The van der Waals surface area contributed by atoms with Crippen LogP contribution in [0.1, 0.15) is 43.4 Å². The molecule has 1 fully saturated rings. The predicted octanol–water partition coefficient (Wildman–Crippen LogP) is 2.17. The lowest BCUT2D eigenvalue weighted by Gasteiger charge is -2.25. The molecule has 0 aliphatic carbocycles. The minimum atomic E-state index is 0.567. The number of aromatic nitrogens is 5. The van der Waals surface area contributed by atoms with E-state index in [9.17, 15) is 0 Å². The fourth-order valence-corrected chi connectivity index (χ4v) is 3.52. The van der Waals surface area contributed by atoms with Gasteiger partial charge in [-0.25, -0.2) is 0 Å². The summed E-state index contributed by atoms with van der Waals surface area (Å²) in [7, 11) is 1.79. The first-order valence-electron chi connectivity index (χ1n) is 8.88. The van der Waals surface area contributed by atoms with Crippen molar-refractivity contribution in [3.8, 4) is 0 Å². The Balaban J connectivity index is 1.79. The number of nitrogens with zero attached hydrogens (tertiary/aromatic N) is 5. The SMILES string of the molecule is CCn1c(Cc2cc(C)[nH]n2)nnc1N1CCCCC(COC)C1. The number of anilines is 1. The number of aryl methyl sites for hydroxylation is 1. The molecule has 1 N–H and O–H groups in total. The topological polar surface area (TPSA) is 71.9 Å². The lowest BCUT2D eigenvalue weighted by Crippen LogP contribution is -2.32. The smallest absolute Gasteiger partial charge is 0.227 e. The molecule has 1 atom stereocenters. The van der Waals surface area contributed by atoms with Crippen molar-refractivity contribution in [3.63, 3.8) is 0 Å². The Morgan fingerprint density at radius 1 is 1.33 bits per heavy atom. The molecule has 132 valence electrons. The van der Waals surface area contributed by atoms with Gasteiger partial charge in [0.1, 0.15) is 5.82 Å². The zero-order chi connectivity index (χ0) is 16.9. The van der Waals surface area contributed by atoms with Gasteiger partial charge in [0.25, 0.3) is 0 Å². The molecule has 0 bridgehead atoms. The van der Waals surface area contributed by atoms with Crippen LogP contribution in [0.4, 0.5) is 5.95 Å². The van der Waals surface area contributed by atoms with Crippen molar-refractivity contribution in [1.82, 2.24) is 25.0 Å². The molecule has 7 heteroatoms. The van der Waals surface area contributed by atoms with Gasteiger partial charge >= 0.3 is 0 Å². The van der Waals surface area contributed by atoms with Crippen LogP contribution in [-0.4, -0.2) is 51.8 Å². The van der Waals surface area contributed by atoms with E-state index in [1.54, 1.807) is 7.11 Å². The summed E-state index contributed by atoms with van der Waals surface area (Å²) in [5.41, 5.74) is 2.08. The minimum absolute atomic E-state index is 0.567. The summed E-state index contributed by atoms with van der Waals surface area (Å²) in [5.74, 6) is 2.53. The number of rotatable bonds is 6. The van der Waals surface area contributed by atoms with Crippen LogP contribution in [-0.2, 0) is 17.7 Å². The number of H-pyrrole nitrogens is 1. The molecule has 0 spiro atoms. The van der Waals surface area contributed by atoms with Gasteiger partial charge in [0.05, 0.1) is 18.7 Å². The van der Waals surface area contributed by atoms with Gasteiger partial charge < -0.3 is 9.64 Å². The van der Waals surface area contributed by atoms with E-state index in [4.69, 9.17) is 4.74 Å². The number of aromatic amines is 1. The summed E-state index contributed by atoms with van der Waals surface area (Å²) in [5, 5.41) is 16.3. The Labute approximate surface area is 143 Å². The summed E-state index contributed by atoms with van der Waals surface area (Å²) in [6.45, 7) is 7.88. The zero-order valence-electron chi connectivity index (χ0n) is 15.0. The quantitative estimate of drug-likeness (QED) is 0.878. The maximum absolute atomic E-state index is 5.38. The van der Waals surface area contributed by atoms with Crippen LogP contribution in [0.5, 0.6) is 0 Å². The molecule has 2 aromatic heterocycles. The third-order valence-electron chi connectivity index (χ3n) is 4.68. The zero-order valence-corrected chi connectivity index (χ0v) is 15.0. The molecular weight excluding hydrogens is 304 g/mol. The fraction of sp³-hybridized carbons (Fsp3) is 0.706. The largest absolute Gasteiger partial charge is 0.384 e. The Hall–Kier alpha value is -1.89. The van der Waals surface area contributed by atoms with Gasteiger partial charge in [0.2, 0.25) is 5.95 Å². The molecule has 3 heterocycles. The van der Waals surface area contributed by atoms with E-state index < -0.39 is 0 Å². The Kier molecular flexibility index (Phi) is 5.50. The highest BCUT2D eigenvalue weighted by atomic mass is 16.5. The third-order valence-corrected chi connectivity index (χ3v) is 4.68. The van der Waals surface area contributed by atoms with Crippen LogP contribution in [0.15, 0.2) is 6.07 Å². The second kappa shape index (κ2) is 7.79. The van der Waals surface area contributed by atoms with Crippen molar-refractivity contribution in [2.45, 2.75) is 46.1 Å². The van der Waals surface area contributed by atoms with Crippen molar-refractivity contribution in [2.24, 2.45) is 5.92 Å². The molecule has 0 radical (unpaired) electrons. The summed E-state index contributed by atoms with van der Waals surface area (Å²) in [4.78, 5) is 2.38. The van der Waals surface area contributed by atoms with Crippen LogP contribution < -0.4 is 4.90 Å². The Morgan fingerprint density at radius 3 is 2.92 bits per heavy atom. The third kappa shape index (κ3) is 3.77. The molecule has 1 aliphatic heterocycles. The normalized spacial score (nSPS) is 18.8. The highest BCUT2D eigenvalue weighted by molar-refractivity contribution is 5.32. The highest BCUT2D eigenvalue weighted by Gasteiger charge is 2.23. The molecule has 3 rings (SSSR count). The summed E-state index contributed by atoms with van der Waals surface area (Å²) < 4.78 is 7.60. The average molecular weight is 332 g/mol. The van der Waals surface area contributed by atoms with Gasteiger partial charge in [0, 0.05) is 32.4 Å². The lowest BCUT2D eigenvalue weighted by atomic mass is 10.1. The number of hydrogen-bond donors (Lipinski definition) is 1. The van der Waals surface area contributed by atoms with E-state index in [0.29, 0.717) is 12.3 Å². The summed E-state index contributed by atoms with van der Waals surface area (Å²) in [6, 6.07) is 2.06. The maximum atomic E-state index is 5.38. The van der Waals surface area contributed by atoms with Gasteiger partial charge in [-0.05, 0) is 38.7 Å². The number of methoxy groups -OCH3 is 1. The molecule has 0 saturated carbocycles. The first-order chi connectivity index (χ1) is 11.7. The second-order valence-electron chi connectivity index (χ2n) is 6.64. The number of hydrogen-bond acceptors (Lipinski definition) is 5. The van der Waals surface area contributed by atoms with Crippen LogP contribution >= 0.6 is 0 Å². The van der Waals surface area contributed by atoms with E-state index in [0.717, 1.165) is 49.4 Å². The molecule has 0 aromatic carbocycles. The average Bonchev–Trinajstić information content (AvgIpc) is 3.08. The van der Waals surface area contributed by atoms with Crippen LogP contribution in [0.2, 0.25) is 0 Å². The van der Waals surface area contributed by atoms with Gasteiger partial charge in [-0.3, -0.25) is 9.67 Å². The maximum Gasteiger partial charge on any atom is 0.227 e. The predicted molar refractivity (Wildman–Crippen MR) is 93.3 cm³/mol. The van der Waals surface area contributed by atoms with Crippen LogP contribution in [0.3, 0.4) is 0 Å². The second-order valence-corrected chi connectivity index (χ2v) is 6.64. The molecule has 2 aromatic rings. The first-order valence-corrected chi connectivity index (χ1v) is 8.88. The lowest BCUT2D eigenvalue weighted by molar-refractivity contribution is 0.151. The van der Waals surface area contributed by atoms with E-state index in [2.05, 4.69) is 42.9 Å². The van der Waals surface area contributed by atoms with Gasteiger partial charge in [-0.2, -0.15) is 5.10 Å². The highest BCUT2D eigenvalue weighted by Crippen LogP contribution is 2.23. The molecule has 1 aliphatic rings. The molecule has 7 nitrogen and oxygen atoms in total. The van der Waals surface area contributed by atoms with Crippen LogP contribution in [0, 0.1) is 12.8 Å². The Bertz CT molecular complexity index is 649. The van der Waals surface area contributed by atoms with E-state index >= 15 is 0 Å². The van der Waals surface area contributed by atoms with E-state index in [1.807, 2.05) is 6.92 Å². The van der Waals surface area contributed by atoms with Crippen molar-refractivity contribution in [1.29, 1.82) is 0 Å². The molecule has 0 amide bonds. The van der Waals surface area contributed by atoms with Crippen molar-refractivity contribution < 1.29 is 4.74 Å². The van der Waals surface area contributed by atoms with Crippen molar-refractivity contribution >= 4 is 5.95 Å².